The Morgan fingerprint density at radius 2 is 1.75 bits per heavy atom. The van der Waals surface area contributed by atoms with Gasteiger partial charge < -0.3 is 0 Å². The molecule has 0 radical (unpaired) electrons. The first-order valence-corrected chi connectivity index (χ1v) is 7.52. The van der Waals surface area contributed by atoms with Crippen molar-refractivity contribution in [3.05, 3.63) is 34.9 Å². The van der Waals surface area contributed by atoms with Gasteiger partial charge in [0.15, 0.2) is 0 Å². The second-order valence-corrected chi connectivity index (χ2v) is 6.42. The van der Waals surface area contributed by atoms with Crippen molar-refractivity contribution >= 4 is 5.78 Å². The van der Waals surface area contributed by atoms with Crippen LogP contribution < -0.4 is 0 Å². The molecule has 1 aromatic carbocycles. The van der Waals surface area contributed by atoms with Gasteiger partial charge in [-0.15, -0.1) is 0 Å². The van der Waals surface area contributed by atoms with Crippen LogP contribution in [0.15, 0.2) is 12.1 Å². The Bertz CT molecular complexity index is 515. The summed E-state index contributed by atoms with van der Waals surface area (Å²) in [6.07, 6.45) is 5.28. The molecule has 0 aromatic heterocycles. The molecule has 0 saturated heterocycles. The molecule has 3 heteroatoms. The fraction of sp³-hybridized carbons (Fsp3) is 0.588. The van der Waals surface area contributed by atoms with E-state index in [2.05, 4.69) is 0 Å². The number of benzene rings is 1. The van der Waals surface area contributed by atoms with Crippen molar-refractivity contribution in [3.8, 4) is 0 Å². The molecule has 0 heterocycles. The molecular formula is C17H20F2O. The molecule has 0 spiro atoms. The van der Waals surface area contributed by atoms with E-state index in [-0.39, 0.29) is 11.5 Å². The highest BCUT2D eigenvalue weighted by Gasteiger charge is 2.35. The first-order valence-electron chi connectivity index (χ1n) is 7.52. The summed E-state index contributed by atoms with van der Waals surface area (Å²) in [7, 11) is 0. The zero-order valence-corrected chi connectivity index (χ0v) is 11.8. The van der Waals surface area contributed by atoms with E-state index in [0.717, 1.165) is 31.2 Å². The van der Waals surface area contributed by atoms with Gasteiger partial charge in [-0.3, -0.25) is 4.79 Å². The van der Waals surface area contributed by atoms with E-state index in [1.165, 1.54) is 19.1 Å². The number of halogens is 2. The summed E-state index contributed by atoms with van der Waals surface area (Å²) in [5, 5.41) is 0. The van der Waals surface area contributed by atoms with E-state index in [1.807, 2.05) is 0 Å². The van der Waals surface area contributed by atoms with Crippen LogP contribution in [-0.4, -0.2) is 5.78 Å². The van der Waals surface area contributed by atoms with Crippen molar-refractivity contribution in [2.75, 3.05) is 0 Å². The molecule has 20 heavy (non-hydrogen) atoms. The Labute approximate surface area is 118 Å². The zero-order chi connectivity index (χ0) is 14.3. The van der Waals surface area contributed by atoms with Crippen LogP contribution in [0.5, 0.6) is 0 Å². The number of fused-ring (bicyclic) bond motifs is 1. The first-order chi connectivity index (χ1) is 9.54. The molecule has 2 fully saturated rings. The van der Waals surface area contributed by atoms with Crippen LogP contribution >= 0.6 is 0 Å². The predicted octanol–water partition coefficient (Wildman–Crippen LogP) is 4.53. The maximum atomic E-state index is 13.7. The van der Waals surface area contributed by atoms with Crippen LogP contribution in [-0.2, 0) is 4.79 Å². The zero-order valence-electron chi connectivity index (χ0n) is 11.8. The monoisotopic (exact) mass is 278 g/mol. The third-order valence-corrected chi connectivity index (χ3v) is 5.20. The lowest BCUT2D eigenvalue weighted by molar-refractivity contribution is -0.123. The van der Waals surface area contributed by atoms with Crippen LogP contribution in [0.4, 0.5) is 8.78 Å². The maximum absolute atomic E-state index is 13.7. The number of ketones is 1. The molecule has 0 aliphatic heterocycles. The van der Waals surface area contributed by atoms with Crippen molar-refractivity contribution in [1.29, 1.82) is 0 Å². The summed E-state index contributed by atoms with van der Waals surface area (Å²) < 4.78 is 27.4. The summed E-state index contributed by atoms with van der Waals surface area (Å²) >= 11 is 0. The second kappa shape index (κ2) is 5.27. The van der Waals surface area contributed by atoms with Gasteiger partial charge in [0.05, 0.1) is 0 Å². The quantitative estimate of drug-likeness (QED) is 0.737. The maximum Gasteiger partial charge on any atom is 0.133 e. The molecule has 1 nitrogen and oxygen atoms in total. The van der Waals surface area contributed by atoms with E-state index in [1.54, 1.807) is 0 Å². The topological polar surface area (TPSA) is 17.1 Å². The van der Waals surface area contributed by atoms with Gasteiger partial charge >= 0.3 is 0 Å². The van der Waals surface area contributed by atoms with Crippen molar-refractivity contribution in [1.82, 2.24) is 0 Å². The number of carbonyl (C=O) groups is 1. The lowest BCUT2D eigenvalue weighted by Gasteiger charge is -2.39. The summed E-state index contributed by atoms with van der Waals surface area (Å²) in [6.45, 7) is 1.47. The molecule has 3 unspecified atom stereocenters. The molecule has 2 saturated carbocycles. The van der Waals surface area contributed by atoms with Gasteiger partial charge in [-0.2, -0.15) is 0 Å². The highest BCUT2D eigenvalue weighted by atomic mass is 19.1. The summed E-state index contributed by atoms with van der Waals surface area (Å²) in [6, 6.07) is 2.99. The van der Waals surface area contributed by atoms with Crippen LogP contribution in [0.2, 0.25) is 0 Å². The molecule has 0 amide bonds. The standard InChI is InChI=1S/C17H20F2O/c1-10-16(18)8-14(9-17(10)19)12-2-3-13-7-15(20)5-4-11(13)6-12/h8-9,11-13H,2-7H2,1H3. The van der Waals surface area contributed by atoms with Crippen molar-refractivity contribution in [3.63, 3.8) is 0 Å². The van der Waals surface area contributed by atoms with Crippen molar-refractivity contribution < 1.29 is 13.6 Å². The van der Waals surface area contributed by atoms with Gasteiger partial charge in [-0.1, -0.05) is 0 Å². The molecule has 108 valence electrons. The van der Waals surface area contributed by atoms with E-state index in [4.69, 9.17) is 0 Å². The smallest absolute Gasteiger partial charge is 0.133 e. The Hall–Kier alpha value is -1.25. The van der Waals surface area contributed by atoms with Crippen LogP contribution in [0, 0.1) is 30.4 Å². The Morgan fingerprint density at radius 3 is 2.45 bits per heavy atom. The van der Waals surface area contributed by atoms with Gasteiger partial charge in [0.1, 0.15) is 17.4 Å². The predicted molar refractivity (Wildman–Crippen MR) is 73.5 cm³/mol. The number of rotatable bonds is 1. The van der Waals surface area contributed by atoms with E-state index >= 15 is 0 Å². The second-order valence-electron chi connectivity index (χ2n) is 6.42. The summed E-state index contributed by atoms with van der Waals surface area (Å²) in [5.41, 5.74) is 0.895. The molecule has 3 rings (SSSR count). The first kappa shape index (κ1) is 13.7. The van der Waals surface area contributed by atoms with Crippen molar-refractivity contribution in [2.45, 2.75) is 51.4 Å². The van der Waals surface area contributed by atoms with E-state index in [0.29, 0.717) is 30.5 Å². The Morgan fingerprint density at radius 1 is 1.05 bits per heavy atom. The Balaban J connectivity index is 1.78. The van der Waals surface area contributed by atoms with E-state index in [9.17, 15) is 13.6 Å². The molecule has 2 aliphatic rings. The lowest BCUT2D eigenvalue weighted by atomic mass is 9.66. The minimum Gasteiger partial charge on any atom is -0.300 e. The molecule has 1 aromatic rings. The van der Waals surface area contributed by atoms with Crippen LogP contribution in [0.1, 0.15) is 55.6 Å². The van der Waals surface area contributed by atoms with Gasteiger partial charge in [0, 0.05) is 18.4 Å². The lowest BCUT2D eigenvalue weighted by Crippen LogP contribution is -2.30. The van der Waals surface area contributed by atoms with Crippen molar-refractivity contribution in [2.24, 2.45) is 11.8 Å². The van der Waals surface area contributed by atoms with Gasteiger partial charge in [-0.05, 0) is 68.1 Å². The fourth-order valence-corrected chi connectivity index (χ4v) is 3.89. The SMILES string of the molecule is Cc1c(F)cc(C2CCC3CC(=O)CCC3C2)cc1F. The van der Waals surface area contributed by atoms with Gasteiger partial charge in [0.25, 0.3) is 0 Å². The van der Waals surface area contributed by atoms with Gasteiger partial charge in [0.2, 0.25) is 0 Å². The number of carbonyl (C=O) groups excluding carboxylic acids is 1. The Kier molecular flexibility index (Phi) is 3.61. The fourth-order valence-electron chi connectivity index (χ4n) is 3.89. The summed E-state index contributed by atoms with van der Waals surface area (Å²) in [4.78, 5) is 11.5. The summed E-state index contributed by atoms with van der Waals surface area (Å²) in [5.74, 6) is 0.805. The molecule has 3 atom stereocenters. The highest BCUT2D eigenvalue weighted by molar-refractivity contribution is 5.79. The number of hydrogen-bond donors (Lipinski definition) is 0. The van der Waals surface area contributed by atoms with Crippen LogP contribution in [0.3, 0.4) is 0 Å². The largest absolute Gasteiger partial charge is 0.300 e. The van der Waals surface area contributed by atoms with E-state index < -0.39 is 11.6 Å². The molecular weight excluding hydrogens is 258 g/mol. The van der Waals surface area contributed by atoms with Crippen LogP contribution in [0.25, 0.3) is 0 Å². The number of hydrogen-bond acceptors (Lipinski definition) is 1. The molecule has 0 N–H and O–H groups in total. The average Bonchev–Trinajstić information content (AvgIpc) is 2.43. The highest BCUT2D eigenvalue weighted by Crippen LogP contribution is 2.45. The number of Topliss-reactive ketones (excluding diaryl/α,β-unsaturated/α-hetero) is 1. The third-order valence-electron chi connectivity index (χ3n) is 5.20. The van der Waals surface area contributed by atoms with Gasteiger partial charge in [-0.25, -0.2) is 8.78 Å². The average molecular weight is 278 g/mol. The minimum absolute atomic E-state index is 0.102. The normalized spacial score (nSPS) is 30.1. The minimum atomic E-state index is -0.444. The molecule has 2 aliphatic carbocycles. The molecule has 0 bridgehead atoms. The third kappa shape index (κ3) is 2.50.